The number of hydrogen-bond acceptors (Lipinski definition) is 2. The number of hydrogen-bond donors (Lipinski definition) is 1. The molecule has 0 aliphatic heterocycles. The number of nitrogens with two attached hydrogens (primary N) is 1. The van der Waals surface area contributed by atoms with Gasteiger partial charge in [0.15, 0.2) is 0 Å². The highest BCUT2D eigenvalue weighted by atomic mass is 35.5. The van der Waals surface area contributed by atoms with Crippen LogP contribution in [0.15, 0.2) is 72.8 Å². The summed E-state index contributed by atoms with van der Waals surface area (Å²) in [7, 11) is 0. The molecular formula is C19H16ClNO. The summed E-state index contributed by atoms with van der Waals surface area (Å²) in [6.45, 7) is 0.519. The summed E-state index contributed by atoms with van der Waals surface area (Å²) in [5.74, 6) is 0.806. The largest absolute Gasteiger partial charge is 0.488 e. The summed E-state index contributed by atoms with van der Waals surface area (Å²) in [5.41, 5.74) is 9.75. The minimum atomic E-state index is 0.519. The number of rotatable bonds is 4. The molecule has 0 saturated heterocycles. The molecule has 3 rings (SSSR count). The Balaban J connectivity index is 1.89. The van der Waals surface area contributed by atoms with Gasteiger partial charge < -0.3 is 10.5 Å². The van der Waals surface area contributed by atoms with Crippen molar-refractivity contribution in [2.24, 2.45) is 0 Å². The van der Waals surface area contributed by atoms with E-state index in [1.54, 1.807) is 0 Å². The van der Waals surface area contributed by atoms with Crippen molar-refractivity contribution < 1.29 is 4.74 Å². The summed E-state index contributed by atoms with van der Waals surface area (Å²) < 4.78 is 5.97. The van der Waals surface area contributed by atoms with Crippen LogP contribution in [-0.2, 0) is 6.61 Å². The van der Waals surface area contributed by atoms with E-state index in [9.17, 15) is 0 Å². The molecule has 0 saturated carbocycles. The highest BCUT2D eigenvalue weighted by molar-refractivity contribution is 6.30. The van der Waals surface area contributed by atoms with E-state index in [1.165, 1.54) is 0 Å². The zero-order valence-corrected chi connectivity index (χ0v) is 12.8. The van der Waals surface area contributed by atoms with Crippen molar-refractivity contribution in [3.63, 3.8) is 0 Å². The second kappa shape index (κ2) is 6.54. The van der Waals surface area contributed by atoms with Crippen molar-refractivity contribution in [1.82, 2.24) is 0 Å². The van der Waals surface area contributed by atoms with Gasteiger partial charge >= 0.3 is 0 Å². The van der Waals surface area contributed by atoms with Gasteiger partial charge in [-0.3, -0.25) is 0 Å². The molecule has 0 heterocycles. The van der Waals surface area contributed by atoms with E-state index in [2.05, 4.69) is 0 Å². The molecule has 0 aromatic heterocycles. The summed E-state index contributed by atoms with van der Waals surface area (Å²) in [4.78, 5) is 0. The predicted octanol–water partition coefficient (Wildman–Crippen LogP) is 5.17. The van der Waals surface area contributed by atoms with Crippen molar-refractivity contribution in [3.05, 3.63) is 83.4 Å². The lowest BCUT2D eigenvalue weighted by Gasteiger charge is -2.13. The van der Waals surface area contributed by atoms with Crippen molar-refractivity contribution >= 4 is 17.3 Å². The lowest BCUT2D eigenvalue weighted by atomic mass is 10.0. The smallest absolute Gasteiger partial charge is 0.127 e. The second-order valence-electron chi connectivity index (χ2n) is 5.04. The molecule has 3 aromatic carbocycles. The van der Waals surface area contributed by atoms with Crippen LogP contribution in [-0.4, -0.2) is 0 Å². The first-order valence-corrected chi connectivity index (χ1v) is 7.42. The van der Waals surface area contributed by atoms with Gasteiger partial charge in [-0.25, -0.2) is 0 Å². The first kappa shape index (κ1) is 14.5. The van der Waals surface area contributed by atoms with Crippen LogP contribution in [0.2, 0.25) is 5.02 Å². The van der Waals surface area contributed by atoms with Gasteiger partial charge in [0.2, 0.25) is 0 Å². The van der Waals surface area contributed by atoms with Crippen LogP contribution >= 0.6 is 11.6 Å². The number of anilines is 1. The highest BCUT2D eigenvalue weighted by Gasteiger charge is 2.07. The Hall–Kier alpha value is -2.45. The average Bonchev–Trinajstić information content (AvgIpc) is 2.55. The molecular weight excluding hydrogens is 294 g/mol. The van der Waals surface area contributed by atoms with E-state index in [0.717, 1.165) is 22.4 Å². The van der Waals surface area contributed by atoms with Gasteiger partial charge in [-0.1, -0.05) is 54.1 Å². The molecule has 0 amide bonds. The molecule has 0 aliphatic rings. The monoisotopic (exact) mass is 309 g/mol. The Morgan fingerprint density at radius 3 is 2.32 bits per heavy atom. The number of benzene rings is 3. The van der Waals surface area contributed by atoms with Crippen molar-refractivity contribution in [1.29, 1.82) is 0 Å². The summed E-state index contributed by atoms with van der Waals surface area (Å²) in [6, 6.07) is 23.4. The predicted molar refractivity (Wildman–Crippen MR) is 92.1 cm³/mol. The summed E-state index contributed by atoms with van der Waals surface area (Å²) in [5, 5.41) is 0.708. The number of halogens is 1. The quantitative estimate of drug-likeness (QED) is 0.675. The number of nitrogen functional groups attached to an aromatic ring is 1. The van der Waals surface area contributed by atoms with Gasteiger partial charge in [0.05, 0.1) is 0 Å². The molecule has 0 fully saturated rings. The lowest BCUT2D eigenvalue weighted by Crippen LogP contribution is -1.97. The Labute approximate surface area is 135 Å². The Morgan fingerprint density at radius 1 is 0.864 bits per heavy atom. The molecule has 3 aromatic rings. The van der Waals surface area contributed by atoms with Crippen LogP contribution in [0.4, 0.5) is 5.69 Å². The maximum absolute atomic E-state index is 5.97. The third-order valence-electron chi connectivity index (χ3n) is 3.40. The number of ether oxygens (including phenoxy) is 1. The Kier molecular flexibility index (Phi) is 4.31. The molecule has 0 unspecified atom stereocenters. The average molecular weight is 310 g/mol. The summed E-state index contributed by atoms with van der Waals surface area (Å²) >= 11 is 5.96. The molecule has 2 N–H and O–H groups in total. The normalized spacial score (nSPS) is 10.4. The standard InChI is InChI=1S/C19H16ClNO/c20-16-8-6-15(7-9-16)18-12-17(21)10-11-19(18)22-13-14-4-2-1-3-5-14/h1-12H,13,21H2. The third-order valence-corrected chi connectivity index (χ3v) is 3.65. The van der Waals surface area contributed by atoms with Crippen molar-refractivity contribution in [2.45, 2.75) is 6.61 Å². The van der Waals surface area contributed by atoms with Crippen LogP contribution in [0, 0.1) is 0 Å². The molecule has 3 heteroatoms. The van der Waals surface area contributed by atoms with Crippen molar-refractivity contribution in [2.75, 3.05) is 5.73 Å². The van der Waals surface area contributed by atoms with Crippen LogP contribution in [0.5, 0.6) is 5.75 Å². The van der Waals surface area contributed by atoms with E-state index in [1.807, 2.05) is 72.8 Å². The van der Waals surface area contributed by atoms with Gasteiger partial charge in [-0.2, -0.15) is 0 Å². The molecule has 0 bridgehead atoms. The maximum Gasteiger partial charge on any atom is 0.127 e. The van der Waals surface area contributed by atoms with Crippen LogP contribution in [0.1, 0.15) is 5.56 Å². The molecule has 0 spiro atoms. The van der Waals surface area contributed by atoms with E-state index in [0.29, 0.717) is 17.3 Å². The molecule has 2 nitrogen and oxygen atoms in total. The first-order valence-electron chi connectivity index (χ1n) is 7.04. The van der Waals surface area contributed by atoms with Gasteiger partial charge in [0.25, 0.3) is 0 Å². The summed E-state index contributed by atoms with van der Waals surface area (Å²) in [6.07, 6.45) is 0. The van der Waals surface area contributed by atoms with Gasteiger partial charge in [0, 0.05) is 16.3 Å². The van der Waals surface area contributed by atoms with E-state index >= 15 is 0 Å². The molecule has 22 heavy (non-hydrogen) atoms. The van der Waals surface area contributed by atoms with E-state index in [4.69, 9.17) is 22.1 Å². The minimum Gasteiger partial charge on any atom is -0.488 e. The molecule has 0 aliphatic carbocycles. The fourth-order valence-corrected chi connectivity index (χ4v) is 2.39. The maximum atomic E-state index is 5.97. The van der Waals surface area contributed by atoms with E-state index in [-0.39, 0.29) is 0 Å². The lowest BCUT2D eigenvalue weighted by molar-refractivity contribution is 0.307. The molecule has 0 atom stereocenters. The van der Waals surface area contributed by atoms with E-state index < -0.39 is 0 Å². The fourth-order valence-electron chi connectivity index (χ4n) is 2.26. The Morgan fingerprint density at radius 2 is 1.59 bits per heavy atom. The second-order valence-corrected chi connectivity index (χ2v) is 5.47. The van der Waals surface area contributed by atoms with Crippen LogP contribution < -0.4 is 10.5 Å². The first-order chi connectivity index (χ1) is 10.7. The molecule has 110 valence electrons. The van der Waals surface area contributed by atoms with Crippen LogP contribution in [0.25, 0.3) is 11.1 Å². The van der Waals surface area contributed by atoms with Crippen LogP contribution in [0.3, 0.4) is 0 Å². The highest BCUT2D eigenvalue weighted by Crippen LogP contribution is 2.33. The topological polar surface area (TPSA) is 35.2 Å². The third kappa shape index (κ3) is 3.41. The fraction of sp³-hybridized carbons (Fsp3) is 0.0526. The zero-order chi connectivity index (χ0) is 15.4. The SMILES string of the molecule is Nc1ccc(OCc2ccccc2)c(-c2ccc(Cl)cc2)c1. The van der Waals surface area contributed by atoms with Gasteiger partial charge in [-0.15, -0.1) is 0 Å². The minimum absolute atomic E-state index is 0.519. The van der Waals surface area contributed by atoms with Gasteiger partial charge in [0.1, 0.15) is 12.4 Å². The Bertz CT molecular complexity index is 754. The molecule has 0 radical (unpaired) electrons. The zero-order valence-electron chi connectivity index (χ0n) is 12.0. The van der Waals surface area contributed by atoms with Crippen molar-refractivity contribution in [3.8, 4) is 16.9 Å². The van der Waals surface area contributed by atoms with Gasteiger partial charge in [-0.05, 0) is 41.5 Å².